The van der Waals surface area contributed by atoms with Crippen LogP contribution in [0.2, 0.25) is 0 Å². The predicted molar refractivity (Wildman–Crippen MR) is 239 cm³/mol. The first kappa shape index (κ1) is 56.6. The van der Waals surface area contributed by atoms with Gasteiger partial charge in [-0.3, -0.25) is 60.6 Å². The maximum Gasteiger partial charge on any atom is 0.247 e. The van der Waals surface area contributed by atoms with Crippen LogP contribution in [0.4, 0.5) is 0 Å². The highest BCUT2D eigenvalue weighted by Crippen LogP contribution is 2.09. The van der Waals surface area contributed by atoms with Gasteiger partial charge >= 0.3 is 0 Å². The van der Waals surface area contributed by atoms with Crippen LogP contribution in [0.1, 0.15) is 72.1 Å². The highest BCUT2D eigenvalue weighted by Gasteiger charge is 2.32. The van der Waals surface area contributed by atoms with Gasteiger partial charge in [0.15, 0.2) is 29.8 Å². The summed E-state index contributed by atoms with van der Waals surface area (Å²) in [6.07, 6.45) is 2.21. The Morgan fingerprint density at radius 1 is 0.438 bits per heavy atom. The van der Waals surface area contributed by atoms with Crippen LogP contribution in [0, 0.1) is 27.0 Å². The summed E-state index contributed by atoms with van der Waals surface area (Å²) in [6, 6.07) is -6.53. The minimum Gasteiger partial charge on any atom is -0.370 e. The second-order valence-electron chi connectivity index (χ2n) is 14.5. The van der Waals surface area contributed by atoms with Crippen LogP contribution in [0.3, 0.4) is 0 Å². The average Bonchev–Trinajstić information content (AvgIpc) is 3.19. The van der Waals surface area contributed by atoms with Gasteiger partial charge in [0, 0.05) is 39.6 Å². The Balaban J connectivity index is 6.82. The third-order valence-corrected chi connectivity index (χ3v) is 8.77. The first-order chi connectivity index (χ1) is 30.0. The lowest BCUT2D eigenvalue weighted by Crippen LogP contribution is -2.59. The summed E-state index contributed by atoms with van der Waals surface area (Å²) in [5.74, 6) is -6.59. The highest BCUT2D eigenvalue weighted by molar-refractivity contribution is 5.97. The van der Waals surface area contributed by atoms with Crippen molar-refractivity contribution in [1.82, 2.24) is 58.5 Å². The summed E-state index contributed by atoms with van der Waals surface area (Å²) >= 11 is 0. The van der Waals surface area contributed by atoms with Gasteiger partial charge in [-0.05, 0) is 70.8 Å². The van der Waals surface area contributed by atoms with Gasteiger partial charge in [0.05, 0.1) is 6.54 Å². The fraction of sp³-hybridized carbons (Fsp3) is 0.611. The van der Waals surface area contributed by atoms with Crippen molar-refractivity contribution < 1.29 is 33.6 Å². The van der Waals surface area contributed by atoms with Crippen molar-refractivity contribution in [2.75, 3.05) is 39.3 Å². The molecule has 6 amide bonds. The zero-order valence-corrected chi connectivity index (χ0v) is 36.6. The van der Waals surface area contributed by atoms with Gasteiger partial charge in [-0.1, -0.05) is 6.08 Å². The summed E-state index contributed by atoms with van der Waals surface area (Å²) in [5, 5.41) is 65.6. The molecule has 28 nitrogen and oxygen atoms in total. The SMILES string of the molecule is CC(=O)CNC(=O)[C@@H](NC(=O)[C@H](CCCNC(=N)N)NC(=O)[C@H](CCCNC(=N)N)NC(=O)[C@H](CCCNC(=N)N)NC(=O)C(CCCNC(=N)N)NC(C)=O)/C(C)=C/CNC(=N)N. The monoisotopic (exact) mass is 908 g/mol. The Labute approximate surface area is 371 Å². The molecule has 0 aromatic heterocycles. The van der Waals surface area contributed by atoms with Crippen molar-refractivity contribution in [1.29, 1.82) is 27.0 Å². The molecule has 5 atom stereocenters. The lowest BCUT2D eigenvalue weighted by Gasteiger charge is -2.27. The summed E-state index contributed by atoms with van der Waals surface area (Å²) in [4.78, 5) is 92.7. The molecule has 0 rings (SSSR count). The number of nitrogens with one attached hydrogen (secondary N) is 16. The van der Waals surface area contributed by atoms with E-state index < -0.39 is 65.7 Å². The van der Waals surface area contributed by atoms with Crippen LogP contribution < -0.4 is 87.2 Å². The molecule has 64 heavy (non-hydrogen) atoms. The van der Waals surface area contributed by atoms with Gasteiger partial charge in [-0.25, -0.2) is 0 Å². The zero-order chi connectivity index (χ0) is 48.8. The first-order valence-electron chi connectivity index (χ1n) is 20.4. The van der Waals surface area contributed by atoms with E-state index in [-0.39, 0.29) is 125 Å². The van der Waals surface area contributed by atoms with E-state index >= 15 is 0 Å². The molecule has 0 radical (unpaired) electrons. The lowest BCUT2D eigenvalue weighted by atomic mass is 10.0. The van der Waals surface area contributed by atoms with E-state index in [9.17, 15) is 33.6 Å². The van der Waals surface area contributed by atoms with Crippen molar-refractivity contribution in [3.05, 3.63) is 11.6 Å². The van der Waals surface area contributed by atoms with Crippen molar-refractivity contribution in [3.8, 4) is 0 Å². The van der Waals surface area contributed by atoms with Crippen molar-refractivity contribution >= 4 is 71.0 Å². The number of ketones is 1. The molecule has 360 valence electrons. The van der Waals surface area contributed by atoms with Crippen molar-refractivity contribution in [2.45, 2.75) is 102 Å². The Hall–Kier alpha value is -7.42. The van der Waals surface area contributed by atoms with Crippen molar-refractivity contribution in [2.24, 2.45) is 28.7 Å². The van der Waals surface area contributed by atoms with E-state index in [1.54, 1.807) is 0 Å². The number of nitrogens with two attached hydrogens (primary N) is 5. The molecule has 0 aromatic carbocycles. The predicted octanol–water partition coefficient (Wildman–Crippen LogP) is -6.38. The Bertz CT molecular complexity index is 1690. The number of hydrogen-bond acceptors (Lipinski definition) is 12. The number of amides is 6. The summed E-state index contributed by atoms with van der Waals surface area (Å²) in [5.41, 5.74) is 27.2. The third kappa shape index (κ3) is 27.4. The number of guanidine groups is 5. The maximum atomic E-state index is 14.2. The molecule has 0 aromatic rings. The number of hydrogen-bond donors (Lipinski definition) is 21. The minimum atomic E-state index is -1.38. The van der Waals surface area contributed by atoms with Gasteiger partial charge in [0.2, 0.25) is 35.4 Å². The molecule has 0 aliphatic carbocycles. The average molecular weight is 908 g/mol. The minimum absolute atomic E-state index is 0.00541. The summed E-state index contributed by atoms with van der Waals surface area (Å²) < 4.78 is 0. The molecule has 28 heteroatoms. The van der Waals surface area contributed by atoms with E-state index in [0.29, 0.717) is 6.42 Å². The van der Waals surface area contributed by atoms with Crippen molar-refractivity contribution in [3.63, 3.8) is 0 Å². The fourth-order valence-electron chi connectivity index (χ4n) is 5.64. The quantitative estimate of drug-likeness (QED) is 0.0133. The molecular formula is C36H69N21O7. The van der Waals surface area contributed by atoms with Crippen LogP contribution in [-0.4, -0.2) is 141 Å². The second kappa shape index (κ2) is 31.4. The molecule has 0 aliphatic rings. The van der Waals surface area contributed by atoms with Gasteiger partial charge < -0.3 is 87.2 Å². The first-order valence-corrected chi connectivity index (χ1v) is 20.4. The van der Waals surface area contributed by atoms with Crippen LogP contribution in [0.5, 0.6) is 0 Å². The Morgan fingerprint density at radius 2 is 0.750 bits per heavy atom. The van der Waals surface area contributed by atoms with E-state index in [0.717, 1.165) is 0 Å². The van der Waals surface area contributed by atoms with Crippen LogP contribution in [0.25, 0.3) is 0 Å². The Morgan fingerprint density at radius 3 is 1.05 bits per heavy atom. The normalized spacial score (nSPS) is 13.1. The van der Waals surface area contributed by atoms with Crippen LogP contribution in [0.15, 0.2) is 11.6 Å². The van der Waals surface area contributed by atoms with Crippen LogP contribution in [-0.2, 0) is 33.6 Å². The molecule has 0 bridgehead atoms. The Kier molecular flexibility index (Phi) is 27.8. The zero-order valence-electron chi connectivity index (χ0n) is 36.6. The number of Topliss-reactive ketones (excluding diaryl/α,β-unsaturated/α-hetero) is 1. The molecule has 0 saturated heterocycles. The van der Waals surface area contributed by atoms with E-state index in [2.05, 4.69) is 58.5 Å². The number of rotatable bonds is 31. The van der Waals surface area contributed by atoms with Crippen LogP contribution >= 0.6 is 0 Å². The molecule has 26 N–H and O–H groups in total. The molecule has 0 aliphatic heterocycles. The molecular weight excluding hydrogens is 839 g/mol. The van der Waals surface area contributed by atoms with Gasteiger partial charge in [-0.15, -0.1) is 0 Å². The van der Waals surface area contributed by atoms with E-state index in [1.165, 1.54) is 26.8 Å². The fourth-order valence-corrected chi connectivity index (χ4v) is 5.64. The van der Waals surface area contributed by atoms with Gasteiger partial charge in [0.25, 0.3) is 0 Å². The molecule has 0 heterocycles. The maximum absolute atomic E-state index is 14.2. The molecule has 1 unspecified atom stereocenters. The smallest absolute Gasteiger partial charge is 0.247 e. The highest BCUT2D eigenvalue weighted by atomic mass is 16.2. The van der Waals surface area contributed by atoms with E-state index in [4.69, 9.17) is 55.7 Å². The molecule has 0 saturated carbocycles. The van der Waals surface area contributed by atoms with Gasteiger partial charge in [0.1, 0.15) is 36.0 Å². The summed E-state index contributed by atoms with van der Waals surface area (Å²) in [6.45, 7) is 4.19. The topological polar surface area (TPSA) is 501 Å². The largest absolute Gasteiger partial charge is 0.370 e. The van der Waals surface area contributed by atoms with E-state index in [1.807, 2.05) is 0 Å². The third-order valence-electron chi connectivity index (χ3n) is 8.77. The lowest BCUT2D eigenvalue weighted by molar-refractivity contribution is -0.135. The molecule has 0 spiro atoms. The molecule has 0 fully saturated rings. The number of carbonyl (C=O) groups excluding carboxylic acids is 7. The summed E-state index contributed by atoms with van der Waals surface area (Å²) in [7, 11) is 0. The van der Waals surface area contributed by atoms with Gasteiger partial charge in [-0.2, -0.15) is 0 Å². The standard InChI is InChI=1S/C36H69N21O7/c1-19(12-17-51-36(45)46)26(31(64)52-18-20(2)58)57-30(63)25(11-7-16-50-35(43)44)56-29(62)24(10-6-15-49-34(41)42)55-28(61)23(9-5-14-48-33(39)40)54-27(60)22(53-21(3)59)8-4-13-47-32(37)38/h12,22-26H,4-11,13-18H2,1-3H3,(H,52,64)(H,53,59)(H,54,60)(H,55,61)(H,56,62)(H,57,63)(H4,37,38,47)(H4,39,40,48)(H4,41,42,49)(H4,43,44,50)(H4,45,46,51)/b19-12+/t22?,23-,24-,25-,26-/m0/s1. The number of carbonyl (C=O) groups is 7. The second-order valence-corrected chi connectivity index (χ2v) is 14.5.